The van der Waals surface area contributed by atoms with Gasteiger partial charge in [0.1, 0.15) is 5.82 Å². The zero-order valence-electron chi connectivity index (χ0n) is 13.1. The summed E-state index contributed by atoms with van der Waals surface area (Å²) in [5, 5.41) is 8.92. The van der Waals surface area contributed by atoms with Crippen molar-refractivity contribution in [3.8, 4) is 0 Å². The molecular weight excluding hydrogens is 266 g/mol. The summed E-state index contributed by atoms with van der Waals surface area (Å²) in [5.41, 5.74) is 2.07. The maximum Gasteiger partial charge on any atom is 0.304 e. The third kappa shape index (κ3) is 3.24. The van der Waals surface area contributed by atoms with Crippen LogP contribution in [-0.2, 0) is 11.8 Å². The quantitative estimate of drug-likeness (QED) is 0.888. The van der Waals surface area contributed by atoms with Gasteiger partial charge in [-0.1, -0.05) is 12.1 Å². The van der Waals surface area contributed by atoms with Gasteiger partial charge in [0.05, 0.1) is 23.5 Å². The second kappa shape index (κ2) is 6.26. The molecule has 0 amide bonds. The van der Waals surface area contributed by atoms with Gasteiger partial charge in [0, 0.05) is 19.6 Å². The number of rotatable bonds is 6. The molecule has 0 saturated carbocycles. The number of hydrogen-bond acceptors (Lipinski definition) is 3. The van der Waals surface area contributed by atoms with E-state index in [1.165, 1.54) is 0 Å². The number of aryl methyl sites for hydroxylation is 1. The van der Waals surface area contributed by atoms with Gasteiger partial charge in [-0.15, -0.1) is 0 Å². The predicted molar refractivity (Wildman–Crippen MR) is 83.2 cm³/mol. The third-order valence-electron chi connectivity index (χ3n) is 3.94. The Morgan fingerprint density at radius 2 is 2.00 bits per heavy atom. The summed E-state index contributed by atoms with van der Waals surface area (Å²) in [7, 11) is 2.01. The summed E-state index contributed by atoms with van der Waals surface area (Å²) >= 11 is 0. The minimum Gasteiger partial charge on any atom is -0.481 e. The first kappa shape index (κ1) is 15.5. The topological polar surface area (TPSA) is 58.4 Å². The lowest BCUT2D eigenvalue weighted by molar-refractivity contribution is -0.137. The number of aliphatic carboxylic acids is 1. The SMILES string of the molecule is CC(C)N(CCC(=O)O)C(C)c1nc2ccccc2n1C. The average molecular weight is 289 g/mol. The van der Waals surface area contributed by atoms with Crippen LogP contribution in [0, 0.1) is 0 Å². The van der Waals surface area contributed by atoms with E-state index in [2.05, 4.69) is 36.3 Å². The first-order chi connectivity index (χ1) is 9.91. The molecule has 21 heavy (non-hydrogen) atoms. The molecule has 2 rings (SSSR count). The molecule has 0 fully saturated rings. The molecule has 1 aromatic heterocycles. The molecule has 1 unspecified atom stereocenters. The van der Waals surface area contributed by atoms with Crippen molar-refractivity contribution in [1.82, 2.24) is 14.5 Å². The van der Waals surface area contributed by atoms with E-state index >= 15 is 0 Å². The summed E-state index contributed by atoms with van der Waals surface area (Å²) in [6, 6.07) is 8.37. The maximum atomic E-state index is 10.8. The zero-order chi connectivity index (χ0) is 15.6. The predicted octanol–water partition coefficient (Wildman–Crippen LogP) is 2.82. The van der Waals surface area contributed by atoms with Gasteiger partial charge in [-0.3, -0.25) is 9.69 Å². The van der Waals surface area contributed by atoms with Crippen molar-refractivity contribution in [2.45, 2.75) is 39.3 Å². The van der Waals surface area contributed by atoms with Gasteiger partial charge >= 0.3 is 5.97 Å². The van der Waals surface area contributed by atoms with Gasteiger partial charge in [0.15, 0.2) is 0 Å². The van der Waals surface area contributed by atoms with Crippen LogP contribution in [0.15, 0.2) is 24.3 Å². The Labute approximate surface area is 125 Å². The monoisotopic (exact) mass is 289 g/mol. The standard InChI is InChI=1S/C16H23N3O2/c1-11(2)19(10-9-15(20)21)12(3)16-17-13-7-5-6-8-14(13)18(16)4/h5-8,11-12H,9-10H2,1-4H3,(H,20,21). The third-order valence-corrected chi connectivity index (χ3v) is 3.94. The Hall–Kier alpha value is -1.88. The molecule has 1 N–H and O–H groups in total. The zero-order valence-corrected chi connectivity index (χ0v) is 13.1. The van der Waals surface area contributed by atoms with Gasteiger partial charge in [0.25, 0.3) is 0 Å². The van der Waals surface area contributed by atoms with Gasteiger partial charge in [-0.25, -0.2) is 4.98 Å². The summed E-state index contributed by atoms with van der Waals surface area (Å²) in [4.78, 5) is 17.7. The smallest absolute Gasteiger partial charge is 0.304 e. The number of para-hydroxylation sites is 2. The van der Waals surface area contributed by atoms with Gasteiger partial charge in [-0.05, 0) is 32.9 Å². The highest BCUT2D eigenvalue weighted by Crippen LogP contribution is 2.25. The van der Waals surface area contributed by atoms with E-state index in [1.54, 1.807) is 0 Å². The van der Waals surface area contributed by atoms with Crippen LogP contribution in [-0.4, -0.2) is 38.1 Å². The number of carboxylic acids is 1. The number of aromatic nitrogens is 2. The van der Waals surface area contributed by atoms with Crippen LogP contribution < -0.4 is 0 Å². The summed E-state index contributed by atoms with van der Waals surface area (Å²) < 4.78 is 2.09. The fourth-order valence-corrected chi connectivity index (χ4v) is 2.81. The highest BCUT2D eigenvalue weighted by Gasteiger charge is 2.23. The van der Waals surface area contributed by atoms with E-state index in [1.807, 2.05) is 25.2 Å². The number of carbonyl (C=O) groups is 1. The molecule has 1 aromatic carbocycles. The average Bonchev–Trinajstić information content (AvgIpc) is 2.76. The lowest BCUT2D eigenvalue weighted by atomic mass is 10.2. The Bertz CT molecular complexity index is 633. The molecule has 1 heterocycles. The van der Waals surface area contributed by atoms with Crippen LogP contribution in [0.3, 0.4) is 0 Å². The molecule has 0 radical (unpaired) electrons. The molecule has 1 atom stereocenters. The number of carboxylic acid groups (broad SMARTS) is 1. The molecule has 0 aliphatic heterocycles. The Morgan fingerprint density at radius 1 is 1.33 bits per heavy atom. The van der Waals surface area contributed by atoms with Gasteiger partial charge in [0.2, 0.25) is 0 Å². The maximum absolute atomic E-state index is 10.8. The molecule has 5 heteroatoms. The van der Waals surface area contributed by atoms with Crippen molar-refractivity contribution in [3.63, 3.8) is 0 Å². The fourth-order valence-electron chi connectivity index (χ4n) is 2.81. The van der Waals surface area contributed by atoms with Gasteiger partial charge < -0.3 is 9.67 Å². The van der Waals surface area contributed by atoms with Crippen LogP contribution in [0.2, 0.25) is 0 Å². The first-order valence-electron chi connectivity index (χ1n) is 7.30. The first-order valence-corrected chi connectivity index (χ1v) is 7.30. The van der Waals surface area contributed by atoms with Crippen LogP contribution >= 0.6 is 0 Å². The Balaban J connectivity index is 2.31. The molecule has 0 saturated heterocycles. The normalized spacial score (nSPS) is 13.2. The number of benzene rings is 1. The number of fused-ring (bicyclic) bond motifs is 1. The fraction of sp³-hybridized carbons (Fsp3) is 0.500. The van der Waals surface area contributed by atoms with E-state index in [9.17, 15) is 4.79 Å². The summed E-state index contributed by atoms with van der Waals surface area (Å²) in [6.07, 6.45) is 0.145. The lowest BCUT2D eigenvalue weighted by Gasteiger charge is -2.31. The number of imidazole rings is 1. The second-order valence-electron chi connectivity index (χ2n) is 5.67. The highest BCUT2D eigenvalue weighted by atomic mass is 16.4. The number of hydrogen-bond donors (Lipinski definition) is 1. The minimum absolute atomic E-state index is 0.0711. The minimum atomic E-state index is -0.766. The molecule has 0 aliphatic carbocycles. The van der Waals surface area contributed by atoms with E-state index in [0.29, 0.717) is 6.54 Å². The van der Waals surface area contributed by atoms with Crippen molar-refractivity contribution >= 4 is 17.0 Å². The van der Waals surface area contributed by atoms with E-state index in [4.69, 9.17) is 10.1 Å². The molecule has 5 nitrogen and oxygen atoms in total. The molecule has 114 valence electrons. The summed E-state index contributed by atoms with van der Waals surface area (Å²) in [6.45, 7) is 6.78. The van der Waals surface area contributed by atoms with Crippen molar-refractivity contribution in [3.05, 3.63) is 30.1 Å². The van der Waals surface area contributed by atoms with Gasteiger partial charge in [-0.2, -0.15) is 0 Å². The van der Waals surface area contributed by atoms with E-state index in [0.717, 1.165) is 16.9 Å². The largest absolute Gasteiger partial charge is 0.481 e. The van der Waals surface area contributed by atoms with Crippen molar-refractivity contribution in [2.24, 2.45) is 7.05 Å². The molecule has 2 aromatic rings. The van der Waals surface area contributed by atoms with Crippen molar-refractivity contribution in [2.75, 3.05) is 6.54 Å². The molecule has 0 aliphatic rings. The second-order valence-corrected chi connectivity index (χ2v) is 5.67. The van der Waals surface area contributed by atoms with Crippen LogP contribution in [0.4, 0.5) is 0 Å². The van der Waals surface area contributed by atoms with Crippen molar-refractivity contribution < 1.29 is 9.90 Å². The van der Waals surface area contributed by atoms with Crippen molar-refractivity contribution in [1.29, 1.82) is 0 Å². The van der Waals surface area contributed by atoms with Crippen LogP contribution in [0.1, 0.15) is 39.1 Å². The molecular formula is C16H23N3O2. The highest BCUT2D eigenvalue weighted by molar-refractivity contribution is 5.75. The van der Waals surface area contributed by atoms with E-state index in [-0.39, 0.29) is 18.5 Å². The lowest BCUT2D eigenvalue weighted by Crippen LogP contribution is -2.36. The van der Waals surface area contributed by atoms with E-state index < -0.39 is 5.97 Å². The Kier molecular flexibility index (Phi) is 4.63. The molecule has 0 spiro atoms. The van der Waals surface area contributed by atoms with Crippen LogP contribution in [0.5, 0.6) is 0 Å². The van der Waals surface area contributed by atoms with Crippen LogP contribution in [0.25, 0.3) is 11.0 Å². The molecule has 0 bridgehead atoms. The Morgan fingerprint density at radius 3 is 2.57 bits per heavy atom. The summed E-state index contributed by atoms with van der Waals surface area (Å²) in [5.74, 6) is 0.202. The number of nitrogens with zero attached hydrogens (tertiary/aromatic N) is 3.